The first-order valence-corrected chi connectivity index (χ1v) is 10.1. The maximum absolute atomic E-state index is 12.4. The van der Waals surface area contributed by atoms with Crippen molar-refractivity contribution in [1.82, 2.24) is 4.72 Å². The van der Waals surface area contributed by atoms with Crippen LogP contribution in [0.1, 0.15) is 32.3 Å². The van der Waals surface area contributed by atoms with Gasteiger partial charge in [-0.15, -0.1) is 0 Å². The fourth-order valence-corrected chi connectivity index (χ4v) is 4.30. The molecule has 0 bridgehead atoms. The molecule has 1 aromatic carbocycles. The topological polar surface area (TPSA) is 46.2 Å². The van der Waals surface area contributed by atoms with Crippen LogP contribution < -0.4 is 4.72 Å². The van der Waals surface area contributed by atoms with E-state index >= 15 is 0 Å². The first kappa shape index (κ1) is 18.0. The molecule has 1 aromatic rings. The molecular formula is C14H22BrNO2S2. The van der Waals surface area contributed by atoms with Gasteiger partial charge in [0.2, 0.25) is 10.0 Å². The standard InChI is InChI=1S/C14H22BrNO2S2/c1-5-14(6-2,19-4)10-16-20(17,18)12-7-8-13(15)11(3)9-12/h7-9,16H,5-6,10H2,1-4H3. The number of rotatable bonds is 7. The molecule has 3 nitrogen and oxygen atoms in total. The second-order valence-corrected chi connectivity index (χ2v) is 8.73. The zero-order chi connectivity index (χ0) is 15.4. The number of hydrogen-bond donors (Lipinski definition) is 1. The quantitative estimate of drug-likeness (QED) is 0.779. The van der Waals surface area contributed by atoms with Crippen molar-refractivity contribution >= 4 is 37.7 Å². The number of thioether (sulfide) groups is 1. The van der Waals surface area contributed by atoms with Crippen molar-refractivity contribution in [2.24, 2.45) is 0 Å². The Bertz CT molecular complexity index is 546. The SMILES string of the molecule is CCC(CC)(CNS(=O)(=O)c1ccc(Br)c(C)c1)SC. The van der Waals surface area contributed by atoms with Gasteiger partial charge in [0.15, 0.2) is 0 Å². The molecule has 0 saturated carbocycles. The lowest BCUT2D eigenvalue weighted by Crippen LogP contribution is -2.39. The molecule has 20 heavy (non-hydrogen) atoms. The zero-order valence-corrected chi connectivity index (χ0v) is 15.6. The summed E-state index contributed by atoms with van der Waals surface area (Å²) in [5.41, 5.74) is 0.912. The van der Waals surface area contributed by atoms with Crippen molar-refractivity contribution in [1.29, 1.82) is 0 Å². The molecule has 0 fully saturated rings. The van der Waals surface area contributed by atoms with Gasteiger partial charge in [-0.3, -0.25) is 0 Å². The van der Waals surface area contributed by atoms with Crippen molar-refractivity contribution in [2.45, 2.75) is 43.3 Å². The molecule has 0 aliphatic heterocycles. The van der Waals surface area contributed by atoms with Gasteiger partial charge in [-0.1, -0.05) is 29.8 Å². The van der Waals surface area contributed by atoms with E-state index in [2.05, 4.69) is 34.5 Å². The molecule has 0 aliphatic rings. The summed E-state index contributed by atoms with van der Waals surface area (Å²) >= 11 is 5.11. The molecule has 0 radical (unpaired) electrons. The Morgan fingerprint density at radius 2 is 1.90 bits per heavy atom. The van der Waals surface area contributed by atoms with E-state index in [-0.39, 0.29) is 4.75 Å². The van der Waals surface area contributed by atoms with Crippen LogP contribution in [-0.4, -0.2) is 26.0 Å². The third-order valence-electron chi connectivity index (χ3n) is 3.75. The number of halogens is 1. The lowest BCUT2D eigenvalue weighted by atomic mass is 10.0. The summed E-state index contributed by atoms with van der Waals surface area (Å²) in [5, 5.41) is 0. The number of aryl methyl sites for hydroxylation is 1. The molecule has 0 spiro atoms. The highest BCUT2D eigenvalue weighted by molar-refractivity contribution is 9.10. The maximum atomic E-state index is 12.4. The van der Waals surface area contributed by atoms with E-state index in [1.807, 2.05) is 13.2 Å². The van der Waals surface area contributed by atoms with E-state index in [4.69, 9.17) is 0 Å². The average Bonchev–Trinajstić information content (AvgIpc) is 2.44. The molecule has 114 valence electrons. The lowest BCUT2D eigenvalue weighted by molar-refractivity contribution is 0.522. The summed E-state index contributed by atoms with van der Waals surface area (Å²) < 4.78 is 28.3. The zero-order valence-electron chi connectivity index (χ0n) is 12.4. The van der Waals surface area contributed by atoms with Crippen LogP contribution in [-0.2, 0) is 10.0 Å². The second-order valence-electron chi connectivity index (χ2n) is 4.83. The Hall–Kier alpha value is -0.0400. The summed E-state index contributed by atoms with van der Waals surface area (Å²) in [5.74, 6) is 0. The average molecular weight is 380 g/mol. The van der Waals surface area contributed by atoms with Crippen LogP contribution in [0.2, 0.25) is 0 Å². The van der Waals surface area contributed by atoms with Gasteiger partial charge in [-0.25, -0.2) is 13.1 Å². The van der Waals surface area contributed by atoms with Crippen molar-refractivity contribution in [3.05, 3.63) is 28.2 Å². The van der Waals surface area contributed by atoms with Gasteiger partial charge < -0.3 is 0 Å². The third-order valence-corrected chi connectivity index (χ3v) is 7.62. The summed E-state index contributed by atoms with van der Waals surface area (Å²) in [6.45, 7) is 6.53. The van der Waals surface area contributed by atoms with E-state index < -0.39 is 10.0 Å². The van der Waals surface area contributed by atoms with Crippen LogP contribution in [0.5, 0.6) is 0 Å². The third kappa shape index (κ3) is 4.23. The molecule has 0 saturated heterocycles. The van der Waals surface area contributed by atoms with Crippen LogP contribution in [0.4, 0.5) is 0 Å². The molecule has 1 rings (SSSR count). The summed E-state index contributed by atoms with van der Waals surface area (Å²) in [7, 11) is -3.45. The maximum Gasteiger partial charge on any atom is 0.240 e. The van der Waals surface area contributed by atoms with Crippen molar-refractivity contribution in [2.75, 3.05) is 12.8 Å². The van der Waals surface area contributed by atoms with E-state index in [1.54, 1.807) is 30.0 Å². The Balaban J connectivity index is 2.92. The molecule has 6 heteroatoms. The summed E-state index contributed by atoms with van der Waals surface area (Å²) in [6.07, 6.45) is 3.91. The predicted octanol–water partition coefficient (Wildman–Crippen LogP) is 3.96. The Labute approximate surface area is 135 Å². The highest BCUT2D eigenvalue weighted by Crippen LogP contribution is 2.30. The number of benzene rings is 1. The van der Waals surface area contributed by atoms with Gasteiger partial charge in [0.1, 0.15) is 0 Å². The van der Waals surface area contributed by atoms with Crippen LogP contribution in [0.15, 0.2) is 27.6 Å². The van der Waals surface area contributed by atoms with Gasteiger partial charge >= 0.3 is 0 Å². The molecule has 1 N–H and O–H groups in total. The molecule has 0 aromatic heterocycles. The molecule has 0 atom stereocenters. The van der Waals surface area contributed by atoms with Crippen molar-refractivity contribution < 1.29 is 8.42 Å². The summed E-state index contributed by atoms with van der Waals surface area (Å²) in [4.78, 5) is 0.320. The normalized spacial score (nSPS) is 12.7. The van der Waals surface area contributed by atoms with E-state index in [9.17, 15) is 8.42 Å². The van der Waals surface area contributed by atoms with Gasteiger partial charge in [0, 0.05) is 15.8 Å². The first-order chi connectivity index (χ1) is 9.30. The van der Waals surface area contributed by atoms with Gasteiger partial charge in [-0.05, 0) is 49.8 Å². The smallest absolute Gasteiger partial charge is 0.210 e. The molecule has 0 amide bonds. The molecule has 0 aliphatic carbocycles. The van der Waals surface area contributed by atoms with Crippen LogP contribution >= 0.6 is 27.7 Å². The minimum Gasteiger partial charge on any atom is -0.210 e. The van der Waals surface area contributed by atoms with E-state index in [0.29, 0.717) is 11.4 Å². The molecule has 0 heterocycles. The molecular weight excluding hydrogens is 358 g/mol. The van der Waals surface area contributed by atoms with E-state index in [1.165, 1.54) is 0 Å². The van der Waals surface area contributed by atoms with Gasteiger partial charge in [-0.2, -0.15) is 11.8 Å². The highest BCUT2D eigenvalue weighted by atomic mass is 79.9. The van der Waals surface area contributed by atoms with Crippen molar-refractivity contribution in [3.63, 3.8) is 0 Å². The second kappa shape index (κ2) is 7.29. The summed E-state index contributed by atoms with van der Waals surface area (Å²) in [6, 6.07) is 5.08. The first-order valence-electron chi connectivity index (χ1n) is 6.61. The van der Waals surface area contributed by atoms with Gasteiger partial charge in [0.25, 0.3) is 0 Å². The Kier molecular flexibility index (Phi) is 6.57. The monoisotopic (exact) mass is 379 g/mol. The predicted molar refractivity (Wildman–Crippen MR) is 90.9 cm³/mol. The number of hydrogen-bond acceptors (Lipinski definition) is 3. The van der Waals surface area contributed by atoms with Crippen molar-refractivity contribution in [3.8, 4) is 0 Å². The lowest BCUT2D eigenvalue weighted by Gasteiger charge is -2.29. The van der Waals surface area contributed by atoms with Crippen LogP contribution in [0, 0.1) is 6.92 Å². The highest BCUT2D eigenvalue weighted by Gasteiger charge is 2.27. The minimum atomic E-state index is -3.45. The largest absolute Gasteiger partial charge is 0.240 e. The van der Waals surface area contributed by atoms with Gasteiger partial charge in [0.05, 0.1) is 4.90 Å². The Morgan fingerprint density at radius 1 is 1.30 bits per heavy atom. The molecule has 0 unspecified atom stereocenters. The fourth-order valence-electron chi connectivity index (χ4n) is 1.96. The minimum absolute atomic E-state index is 0.0303. The van der Waals surface area contributed by atoms with Crippen LogP contribution in [0.3, 0.4) is 0 Å². The van der Waals surface area contributed by atoms with E-state index in [0.717, 1.165) is 22.9 Å². The fraction of sp³-hybridized carbons (Fsp3) is 0.571. The number of nitrogens with one attached hydrogen (secondary N) is 1. The number of sulfonamides is 1. The van der Waals surface area contributed by atoms with Crippen LogP contribution in [0.25, 0.3) is 0 Å². The Morgan fingerprint density at radius 3 is 2.35 bits per heavy atom.